The maximum Gasteiger partial charge on any atom is 0.147 e. The van der Waals surface area contributed by atoms with E-state index < -0.39 is 0 Å². The highest BCUT2D eigenvalue weighted by atomic mass is 19.1. The summed E-state index contributed by atoms with van der Waals surface area (Å²) in [6.45, 7) is 9.10. The van der Waals surface area contributed by atoms with Gasteiger partial charge in [0.05, 0.1) is 5.52 Å². The first kappa shape index (κ1) is 12.1. The third-order valence-corrected chi connectivity index (χ3v) is 2.90. The van der Waals surface area contributed by atoms with Crippen LogP contribution in [-0.2, 0) is 6.54 Å². The average Bonchev–Trinajstić information content (AvgIpc) is 2.52. The lowest BCUT2D eigenvalue weighted by atomic mass is 10.1. The van der Waals surface area contributed by atoms with Crippen molar-refractivity contribution in [2.75, 3.05) is 0 Å². The van der Waals surface area contributed by atoms with Gasteiger partial charge in [0.25, 0.3) is 0 Å². The van der Waals surface area contributed by atoms with Crippen molar-refractivity contribution in [2.24, 2.45) is 0 Å². The van der Waals surface area contributed by atoms with Crippen LogP contribution in [0.25, 0.3) is 10.9 Å². The highest BCUT2D eigenvalue weighted by Crippen LogP contribution is 2.24. The van der Waals surface area contributed by atoms with Gasteiger partial charge in [-0.25, -0.2) is 4.39 Å². The molecule has 1 aromatic heterocycles. The Kier molecular flexibility index (Phi) is 2.96. The van der Waals surface area contributed by atoms with Crippen molar-refractivity contribution in [3.63, 3.8) is 0 Å². The van der Waals surface area contributed by atoms with Crippen molar-refractivity contribution in [3.05, 3.63) is 35.3 Å². The van der Waals surface area contributed by atoms with E-state index in [-0.39, 0.29) is 11.4 Å². The number of nitrogens with one attached hydrogen (secondary N) is 2. The Bertz CT molecular complexity index is 535. The molecule has 0 spiro atoms. The van der Waals surface area contributed by atoms with Crippen LogP contribution in [0.2, 0.25) is 0 Å². The van der Waals surface area contributed by atoms with Gasteiger partial charge in [-0.1, -0.05) is 12.1 Å². The summed E-state index contributed by atoms with van der Waals surface area (Å²) in [7, 11) is 0. The number of hydrogen-bond donors (Lipinski definition) is 2. The molecule has 1 heterocycles. The summed E-state index contributed by atoms with van der Waals surface area (Å²) in [6.07, 6.45) is 0. The number of H-pyrrole nitrogens is 1. The molecule has 2 nitrogen and oxygen atoms in total. The van der Waals surface area contributed by atoms with Gasteiger partial charge in [0, 0.05) is 23.2 Å². The lowest BCUT2D eigenvalue weighted by Gasteiger charge is -2.20. The molecule has 0 fully saturated rings. The summed E-state index contributed by atoms with van der Waals surface area (Å²) >= 11 is 0. The number of aromatic nitrogens is 1. The van der Waals surface area contributed by atoms with Gasteiger partial charge in [0.2, 0.25) is 0 Å². The van der Waals surface area contributed by atoms with E-state index in [4.69, 9.17) is 0 Å². The second kappa shape index (κ2) is 4.15. The normalized spacial score (nSPS) is 12.3. The Balaban J connectivity index is 2.40. The smallest absolute Gasteiger partial charge is 0.147 e. The number of rotatable bonds is 2. The minimum atomic E-state index is -0.187. The zero-order chi connectivity index (χ0) is 12.6. The molecule has 2 aromatic rings. The molecular formula is C14H19FN2. The van der Waals surface area contributed by atoms with Gasteiger partial charge in [0.15, 0.2) is 0 Å². The van der Waals surface area contributed by atoms with Crippen molar-refractivity contribution in [1.29, 1.82) is 0 Å². The van der Waals surface area contributed by atoms with Crippen molar-refractivity contribution >= 4 is 10.9 Å². The van der Waals surface area contributed by atoms with E-state index in [1.807, 2.05) is 13.0 Å². The predicted molar refractivity (Wildman–Crippen MR) is 69.6 cm³/mol. The first-order chi connectivity index (χ1) is 7.88. The van der Waals surface area contributed by atoms with Crippen LogP contribution in [0, 0.1) is 12.7 Å². The molecule has 2 rings (SSSR count). The largest absolute Gasteiger partial charge is 0.356 e. The van der Waals surface area contributed by atoms with Gasteiger partial charge in [-0.3, -0.25) is 0 Å². The molecule has 0 aliphatic carbocycles. The molecule has 0 unspecified atom stereocenters. The predicted octanol–water partition coefficient (Wildman–Crippen LogP) is 3.50. The van der Waals surface area contributed by atoms with Gasteiger partial charge in [0.1, 0.15) is 5.82 Å². The Morgan fingerprint density at radius 3 is 2.65 bits per heavy atom. The highest BCUT2D eigenvalue weighted by molar-refractivity contribution is 5.85. The Labute approximate surface area is 101 Å². The number of halogens is 1. The van der Waals surface area contributed by atoms with Crippen molar-refractivity contribution in [3.8, 4) is 0 Å². The lowest BCUT2D eigenvalue weighted by molar-refractivity contribution is 0.424. The summed E-state index contributed by atoms with van der Waals surface area (Å²) in [5.41, 5.74) is 2.84. The fourth-order valence-corrected chi connectivity index (χ4v) is 1.95. The molecule has 1 aromatic carbocycles. The van der Waals surface area contributed by atoms with Crippen molar-refractivity contribution in [1.82, 2.24) is 10.3 Å². The van der Waals surface area contributed by atoms with E-state index in [1.54, 1.807) is 6.07 Å². The van der Waals surface area contributed by atoms with Gasteiger partial charge in [-0.15, -0.1) is 0 Å². The van der Waals surface area contributed by atoms with E-state index in [1.165, 1.54) is 6.07 Å². The SMILES string of the molecule is Cc1[nH]c2c(F)cccc2c1CNC(C)(C)C. The molecule has 0 aliphatic heterocycles. The first-order valence-corrected chi connectivity index (χ1v) is 5.89. The standard InChI is InChI=1S/C14H19FN2/c1-9-11(8-16-14(2,3)4)10-6-5-7-12(15)13(10)17-9/h5-7,16-17H,8H2,1-4H3. The van der Waals surface area contributed by atoms with E-state index in [0.717, 1.165) is 23.2 Å². The lowest BCUT2D eigenvalue weighted by Crippen LogP contribution is -2.35. The van der Waals surface area contributed by atoms with Crippen molar-refractivity contribution < 1.29 is 4.39 Å². The number of benzene rings is 1. The summed E-state index contributed by atoms with van der Waals surface area (Å²) in [6, 6.07) is 5.20. The third kappa shape index (κ3) is 2.50. The molecule has 0 saturated heterocycles. The van der Waals surface area contributed by atoms with Crippen LogP contribution < -0.4 is 5.32 Å². The fourth-order valence-electron chi connectivity index (χ4n) is 1.95. The molecule has 0 amide bonds. The van der Waals surface area contributed by atoms with Crippen LogP contribution in [0.15, 0.2) is 18.2 Å². The number of hydrogen-bond acceptors (Lipinski definition) is 1. The number of aromatic amines is 1. The number of fused-ring (bicyclic) bond motifs is 1. The monoisotopic (exact) mass is 234 g/mol. The van der Waals surface area contributed by atoms with Crippen LogP contribution in [0.3, 0.4) is 0 Å². The first-order valence-electron chi connectivity index (χ1n) is 5.89. The third-order valence-electron chi connectivity index (χ3n) is 2.90. The second-order valence-electron chi connectivity index (χ2n) is 5.49. The Hall–Kier alpha value is -1.35. The molecule has 0 radical (unpaired) electrons. The van der Waals surface area contributed by atoms with Gasteiger partial charge in [-0.05, 0) is 39.3 Å². The minimum Gasteiger partial charge on any atom is -0.356 e. The van der Waals surface area contributed by atoms with Crippen LogP contribution in [0.5, 0.6) is 0 Å². The topological polar surface area (TPSA) is 27.8 Å². The zero-order valence-corrected chi connectivity index (χ0v) is 10.8. The fraction of sp³-hybridized carbons (Fsp3) is 0.429. The molecular weight excluding hydrogens is 215 g/mol. The van der Waals surface area contributed by atoms with Gasteiger partial charge >= 0.3 is 0 Å². The maximum atomic E-state index is 13.6. The van der Waals surface area contributed by atoms with E-state index in [9.17, 15) is 4.39 Å². The Morgan fingerprint density at radius 2 is 2.00 bits per heavy atom. The summed E-state index contributed by atoms with van der Waals surface area (Å²) in [5, 5.41) is 4.41. The quantitative estimate of drug-likeness (QED) is 0.817. The summed E-state index contributed by atoms with van der Waals surface area (Å²) in [4.78, 5) is 3.12. The van der Waals surface area contributed by atoms with Crippen molar-refractivity contribution in [2.45, 2.75) is 39.8 Å². The van der Waals surface area contributed by atoms with E-state index in [0.29, 0.717) is 5.52 Å². The zero-order valence-electron chi connectivity index (χ0n) is 10.8. The molecule has 0 bridgehead atoms. The molecule has 2 N–H and O–H groups in total. The highest BCUT2D eigenvalue weighted by Gasteiger charge is 2.14. The maximum absolute atomic E-state index is 13.6. The minimum absolute atomic E-state index is 0.0589. The molecule has 3 heteroatoms. The molecule has 92 valence electrons. The summed E-state index contributed by atoms with van der Waals surface area (Å²) < 4.78 is 13.6. The molecule has 17 heavy (non-hydrogen) atoms. The van der Waals surface area contributed by atoms with Gasteiger partial charge in [-0.2, -0.15) is 0 Å². The second-order valence-corrected chi connectivity index (χ2v) is 5.49. The summed E-state index contributed by atoms with van der Waals surface area (Å²) in [5.74, 6) is -0.187. The van der Waals surface area contributed by atoms with Crippen LogP contribution in [0.4, 0.5) is 4.39 Å². The van der Waals surface area contributed by atoms with Crippen LogP contribution in [0.1, 0.15) is 32.0 Å². The Morgan fingerprint density at radius 1 is 1.29 bits per heavy atom. The van der Waals surface area contributed by atoms with E-state index >= 15 is 0 Å². The van der Waals surface area contributed by atoms with Gasteiger partial charge < -0.3 is 10.3 Å². The molecule has 0 atom stereocenters. The number of aryl methyl sites for hydroxylation is 1. The van der Waals surface area contributed by atoms with E-state index in [2.05, 4.69) is 31.1 Å². The number of para-hydroxylation sites is 1. The average molecular weight is 234 g/mol. The van der Waals surface area contributed by atoms with Crippen LogP contribution >= 0.6 is 0 Å². The molecule has 0 aliphatic rings. The molecule has 0 saturated carbocycles. The van der Waals surface area contributed by atoms with Crippen LogP contribution in [-0.4, -0.2) is 10.5 Å².